The molecule has 0 atom stereocenters. The summed E-state index contributed by atoms with van der Waals surface area (Å²) in [4.78, 5) is 0. The Hall–Kier alpha value is -0.260. The Balaban J connectivity index is 4.43. The maximum absolute atomic E-state index is 3.85. The topological polar surface area (TPSA) is 0 Å². The van der Waals surface area contributed by atoms with Gasteiger partial charge in [-0.05, 0) is 10.8 Å². The molecule has 0 N–H and O–H groups in total. The van der Waals surface area contributed by atoms with Crippen LogP contribution in [-0.2, 0) is 0 Å². The van der Waals surface area contributed by atoms with Crippen LogP contribution in [0, 0.1) is 10.8 Å². The van der Waals surface area contributed by atoms with E-state index >= 15 is 0 Å². The van der Waals surface area contributed by atoms with Gasteiger partial charge in [0.05, 0.1) is 0 Å². The minimum Gasteiger partial charge on any atom is -0.103 e. The van der Waals surface area contributed by atoms with E-state index in [2.05, 4.69) is 47.3 Å². The lowest BCUT2D eigenvalue weighted by atomic mass is 9.67. The summed E-state index contributed by atoms with van der Waals surface area (Å²) in [6.45, 7) is 15.1. The van der Waals surface area contributed by atoms with Gasteiger partial charge < -0.3 is 0 Å². The largest absolute Gasteiger partial charge is 0.103 e. The molecule has 10 heavy (non-hydrogen) atoms. The Morgan fingerprint density at radius 2 is 1.60 bits per heavy atom. The van der Waals surface area contributed by atoms with Crippen molar-refractivity contribution >= 4 is 0 Å². The predicted octanol–water partition coefficient (Wildman–Crippen LogP) is 3.63. The average molecular weight is 140 g/mol. The monoisotopic (exact) mass is 140 g/mol. The summed E-state index contributed by atoms with van der Waals surface area (Å²) in [6, 6.07) is 0. The second-order valence-electron chi connectivity index (χ2n) is 4.16. The Labute approximate surface area is 65.3 Å². The summed E-state index contributed by atoms with van der Waals surface area (Å²) < 4.78 is 0. The van der Waals surface area contributed by atoms with Crippen molar-refractivity contribution in [3.05, 3.63) is 12.7 Å². The molecule has 0 unspecified atom stereocenters. The van der Waals surface area contributed by atoms with Crippen molar-refractivity contribution in [2.24, 2.45) is 10.8 Å². The fraction of sp³-hybridized carbons (Fsp3) is 0.800. The van der Waals surface area contributed by atoms with Crippen LogP contribution in [0.25, 0.3) is 0 Å². The molecule has 0 heteroatoms. The molecule has 0 fully saturated rings. The molecule has 0 aromatic carbocycles. The Bertz CT molecular complexity index is 118. The Morgan fingerprint density at radius 1 is 1.20 bits per heavy atom. The van der Waals surface area contributed by atoms with Crippen LogP contribution in [0.4, 0.5) is 0 Å². The van der Waals surface area contributed by atoms with Crippen molar-refractivity contribution in [3.63, 3.8) is 0 Å². The zero-order valence-corrected chi connectivity index (χ0v) is 7.99. The minimum absolute atomic E-state index is 0.252. The van der Waals surface area contributed by atoms with Gasteiger partial charge in [-0.15, -0.1) is 6.58 Å². The third kappa shape index (κ3) is 1.62. The van der Waals surface area contributed by atoms with E-state index in [0.717, 1.165) is 0 Å². The molecule has 0 spiro atoms. The number of allylic oxidation sites excluding steroid dienone is 1. The third-order valence-electron chi connectivity index (χ3n) is 3.14. The smallest absolute Gasteiger partial charge is 0.0126 e. The summed E-state index contributed by atoms with van der Waals surface area (Å²) in [5.74, 6) is 0. The molecule has 0 aromatic heterocycles. The van der Waals surface area contributed by atoms with E-state index in [-0.39, 0.29) is 5.41 Å². The van der Waals surface area contributed by atoms with E-state index in [0.29, 0.717) is 5.41 Å². The highest BCUT2D eigenvalue weighted by molar-refractivity contribution is 4.97. The highest BCUT2D eigenvalue weighted by Gasteiger charge is 2.32. The fourth-order valence-electron chi connectivity index (χ4n) is 0.732. The van der Waals surface area contributed by atoms with E-state index in [9.17, 15) is 0 Å². The summed E-state index contributed by atoms with van der Waals surface area (Å²) in [7, 11) is 0. The molecule has 0 rings (SSSR count). The molecule has 60 valence electrons. The lowest BCUT2D eigenvalue weighted by Gasteiger charge is -2.38. The molecule has 0 aliphatic rings. The van der Waals surface area contributed by atoms with Crippen LogP contribution in [0.2, 0.25) is 0 Å². The normalized spacial score (nSPS) is 13.3. The van der Waals surface area contributed by atoms with Crippen LogP contribution >= 0.6 is 0 Å². The van der Waals surface area contributed by atoms with Gasteiger partial charge in [-0.1, -0.05) is 47.1 Å². The Morgan fingerprint density at radius 3 is 1.70 bits per heavy atom. The molecule has 0 amide bonds. The lowest BCUT2D eigenvalue weighted by Crippen LogP contribution is -2.29. The zero-order chi connectivity index (χ0) is 8.41. The molecular formula is C10H20. The second kappa shape index (κ2) is 2.77. The van der Waals surface area contributed by atoms with Gasteiger partial charge in [-0.25, -0.2) is 0 Å². The SMILES string of the molecule is C=CC(C)(C)C(C)(C)CC. The van der Waals surface area contributed by atoms with E-state index < -0.39 is 0 Å². The molecular weight excluding hydrogens is 120 g/mol. The van der Waals surface area contributed by atoms with E-state index in [1.54, 1.807) is 0 Å². The highest BCUT2D eigenvalue weighted by Crippen LogP contribution is 2.41. The predicted molar refractivity (Wildman–Crippen MR) is 48.1 cm³/mol. The maximum atomic E-state index is 3.85. The van der Waals surface area contributed by atoms with Crippen molar-refractivity contribution < 1.29 is 0 Å². The number of rotatable bonds is 3. The molecule has 0 aliphatic carbocycles. The van der Waals surface area contributed by atoms with E-state index in [1.165, 1.54) is 6.42 Å². The van der Waals surface area contributed by atoms with Crippen molar-refractivity contribution in [1.82, 2.24) is 0 Å². The van der Waals surface area contributed by atoms with Crippen LogP contribution in [0.15, 0.2) is 12.7 Å². The van der Waals surface area contributed by atoms with Gasteiger partial charge in [0.2, 0.25) is 0 Å². The minimum atomic E-state index is 0.252. The van der Waals surface area contributed by atoms with Gasteiger partial charge >= 0.3 is 0 Å². The van der Waals surface area contributed by atoms with Gasteiger partial charge in [0, 0.05) is 0 Å². The van der Waals surface area contributed by atoms with E-state index in [1.807, 2.05) is 0 Å². The first-order valence-corrected chi connectivity index (χ1v) is 4.01. The van der Waals surface area contributed by atoms with Crippen LogP contribution < -0.4 is 0 Å². The zero-order valence-electron chi connectivity index (χ0n) is 7.99. The van der Waals surface area contributed by atoms with Crippen LogP contribution in [0.3, 0.4) is 0 Å². The summed E-state index contributed by atoms with van der Waals surface area (Å²) in [5.41, 5.74) is 0.622. The summed E-state index contributed by atoms with van der Waals surface area (Å²) in [5, 5.41) is 0. The van der Waals surface area contributed by atoms with Crippen molar-refractivity contribution in [2.45, 2.75) is 41.0 Å². The van der Waals surface area contributed by atoms with Crippen molar-refractivity contribution in [1.29, 1.82) is 0 Å². The molecule has 0 saturated heterocycles. The molecule has 0 bridgehead atoms. The van der Waals surface area contributed by atoms with Crippen LogP contribution in [0.5, 0.6) is 0 Å². The number of hydrogen-bond acceptors (Lipinski definition) is 0. The van der Waals surface area contributed by atoms with Gasteiger partial charge in [0.15, 0.2) is 0 Å². The van der Waals surface area contributed by atoms with Gasteiger partial charge in [-0.2, -0.15) is 0 Å². The molecule has 0 aromatic rings. The lowest BCUT2D eigenvalue weighted by molar-refractivity contribution is 0.159. The summed E-state index contributed by atoms with van der Waals surface area (Å²) >= 11 is 0. The van der Waals surface area contributed by atoms with Gasteiger partial charge in [-0.3, -0.25) is 0 Å². The first-order chi connectivity index (χ1) is 4.37. The Kier molecular flexibility index (Phi) is 2.70. The van der Waals surface area contributed by atoms with Gasteiger partial charge in [0.1, 0.15) is 0 Å². The highest BCUT2D eigenvalue weighted by atomic mass is 14.4. The first kappa shape index (κ1) is 9.74. The molecule has 0 radical (unpaired) electrons. The molecule has 0 saturated carbocycles. The molecule has 0 heterocycles. The van der Waals surface area contributed by atoms with Crippen molar-refractivity contribution in [2.75, 3.05) is 0 Å². The average Bonchev–Trinajstić information content (AvgIpc) is 1.88. The van der Waals surface area contributed by atoms with Crippen molar-refractivity contribution in [3.8, 4) is 0 Å². The molecule has 0 nitrogen and oxygen atoms in total. The van der Waals surface area contributed by atoms with Crippen LogP contribution in [0.1, 0.15) is 41.0 Å². The second-order valence-corrected chi connectivity index (χ2v) is 4.16. The van der Waals surface area contributed by atoms with E-state index in [4.69, 9.17) is 0 Å². The van der Waals surface area contributed by atoms with Crippen LogP contribution in [-0.4, -0.2) is 0 Å². The van der Waals surface area contributed by atoms with Gasteiger partial charge in [0.25, 0.3) is 0 Å². The first-order valence-electron chi connectivity index (χ1n) is 4.01. The number of hydrogen-bond donors (Lipinski definition) is 0. The maximum Gasteiger partial charge on any atom is -0.0126 e. The quantitative estimate of drug-likeness (QED) is 0.525. The third-order valence-corrected chi connectivity index (χ3v) is 3.14. The molecule has 0 aliphatic heterocycles. The fourth-order valence-corrected chi connectivity index (χ4v) is 0.732. The summed E-state index contributed by atoms with van der Waals surface area (Å²) in [6.07, 6.45) is 3.25. The standard InChI is InChI=1S/C10H20/c1-7-9(3,4)10(5,6)8-2/h7H,1,8H2,2-6H3.